The van der Waals surface area contributed by atoms with Crippen molar-refractivity contribution in [2.24, 2.45) is 0 Å². The number of rotatable bonds is 6. The van der Waals surface area contributed by atoms with Gasteiger partial charge in [0.2, 0.25) is 5.91 Å². The monoisotopic (exact) mass is 509 g/mol. The number of anilines is 1. The molecule has 1 aliphatic carbocycles. The van der Waals surface area contributed by atoms with Crippen LogP contribution in [0.15, 0.2) is 29.6 Å². The molecule has 2 N–H and O–H groups in total. The van der Waals surface area contributed by atoms with Crippen molar-refractivity contribution in [3.63, 3.8) is 0 Å². The van der Waals surface area contributed by atoms with Crippen LogP contribution in [0.5, 0.6) is 0 Å². The van der Waals surface area contributed by atoms with E-state index in [-0.39, 0.29) is 0 Å². The highest BCUT2D eigenvalue weighted by atomic mass is 32.1. The Morgan fingerprint density at radius 2 is 1.71 bits per heavy atom. The van der Waals surface area contributed by atoms with Gasteiger partial charge in [0.1, 0.15) is 12.1 Å². The lowest BCUT2D eigenvalue weighted by molar-refractivity contribution is -0.143. The van der Waals surface area contributed by atoms with Gasteiger partial charge in [-0.1, -0.05) is 31.4 Å². The molecular formula is C24H30F3N5O2S. The van der Waals surface area contributed by atoms with Crippen molar-refractivity contribution in [1.82, 2.24) is 20.5 Å². The summed E-state index contributed by atoms with van der Waals surface area (Å²) in [5, 5.41) is 7.67. The Balaban J connectivity index is 1.43. The molecule has 2 aromatic rings. The second kappa shape index (κ2) is 10.5. The number of hydrogen-bond donors (Lipinski definition) is 2. The highest BCUT2D eigenvalue weighted by Crippen LogP contribution is 2.31. The minimum atomic E-state index is -4.51. The standard InChI is InChI=1S/C24H30F3N5O2S/c1-31-11-13-32(14-12-31)22-29-19(15-35-22)17-5-7-18(8-6-17)20(33)30-23(9-3-2-4-10-23)21(34)28-16-24(25,26)27/h5-8,15H,2-4,9-14,16H2,1H3,(H,28,34)(H,30,33). The van der Waals surface area contributed by atoms with Crippen molar-refractivity contribution >= 4 is 28.3 Å². The molecule has 0 atom stereocenters. The van der Waals surface area contributed by atoms with Gasteiger partial charge in [0.15, 0.2) is 5.13 Å². The molecule has 1 aromatic carbocycles. The van der Waals surface area contributed by atoms with Crippen LogP contribution in [-0.2, 0) is 4.79 Å². The van der Waals surface area contributed by atoms with E-state index in [4.69, 9.17) is 4.98 Å². The lowest BCUT2D eigenvalue weighted by Crippen LogP contribution is -2.60. The van der Waals surface area contributed by atoms with Gasteiger partial charge in [-0.15, -0.1) is 11.3 Å². The van der Waals surface area contributed by atoms with Crippen LogP contribution in [0.2, 0.25) is 0 Å². The molecule has 7 nitrogen and oxygen atoms in total. The minimum Gasteiger partial charge on any atom is -0.346 e. The Kier molecular flexibility index (Phi) is 7.65. The first-order chi connectivity index (χ1) is 16.7. The molecule has 0 bridgehead atoms. The van der Waals surface area contributed by atoms with Crippen molar-refractivity contribution in [3.8, 4) is 11.3 Å². The van der Waals surface area contributed by atoms with E-state index in [1.807, 2.05) is 10.7 Å². The fourth-order valence-corrected chi connectivity index (χ4v) is 5.42. The van der Waals surface area contributed by atoms with Gasteiger partial charge in [0, 0.05) is 42.7 Å². The Morgan fingerprint density at radius 1 is 1.06 bits per heavy atom. The second-order valence-electron chi connectivity index (χ2n) is 9.28. The van der Waals surface area contributed by atoms with Gasteiger partial charge in [-0.05, 0) is 32.0 Å². The van der Waals surface area contributed by atoms with Gasteiger partial charge in [-0.25, -0.2) is 4.98 Å². The molecule has 11 heteroatoms. The first kappa shape index (κ1) is 25.4. The van der Waals surface area contributed by atoms with Crippen LogP contribution in [0.25, 0.3) is 11.3 Å². The van der Waals surface area contributed by atoms with Crippen LogP contribution in [0.3, 0.4) is 0 Å². The molecule has 0 unspecified atom stereocenters. The first-order valence-electron chi connectivity index (χ1n) is 11.8. The molecular weight excluding hydrogens is 479 g/mol. The molecule has 2 heterocycles. The predicted molar refractivity (Wildman–Crippen MR) is 130 cm³/mol. The molecule has 1 aliphatic heterocycles. The third kappa shape index (κ3) is 6.32. The zero-order valence-electron chi connectivity index (χ0n) is 19.7. The van der Waals surface area contributed by atoms with E-state index in [1.54, 1.807) is 35.6 Å². The number of nitrogens with one attached hydrogen (secondary N) is 2. The number of aromatic nitrogens is 1. The van der Waals surface area contributed by atoms with Gasteiger partial charge in [0.25, 0.3) is 5.91 Å². The number of nitrogens with zero attached hydrogens (tertiary/aromatic N) is 3. The molecule has 1 saturated heterocycles. The van der Waals surface area contributed by atoms with Crippen molar-refractivity contribution in [1.29, 1.82) is 0 Å². The van der Waals surface area contributed by atoms with Crippen LogP contribution in [0.1, 0.15) is 42.5 Å². The van der Waals surface area contributed by atoms with Crippen LogP contribution >= 0.6 is 11.3 Å². The molecule has 1 aromatic heterocycles. The van der Waals surface area contributed by atoms with Gasteiger partial charge >= 0.3 is 6.18 Å². The van der Waals surface area contributed by atoms with E-state index in [0.29, 0.717) is 31.2 Å². The molecule has 4 rings (SSSR count). The van der Waals surface area contributed by atoms with Crippen LogP contribution in [0.4, 0.5) is 18.3 Å². The first-order valence-corrected chi connectivity index (χ1v) is 12.7. The topological polar surface area (TPSA) is 77.6 Å². The Labute approximate surface area is 206 Å². The quantitative estimate of drug-likeness (QED) is 0.622. The molecule has 0 radical (unpaired) electrons. The van der Waals surface area contributed by atoms with Crippen LogP contribution < -0.4 is 15.5 Å². The van der Waals surface area contributed by atoms with E-state index < -0.39 is 30.1 Å². The molecule has 35 heavy (non-hydrogen) atoms. The SMILES string of the molecule is CN1CCN(c2nc(-c3ccc(C(=O)NC4(C(=O)NCC(F)(F)F)CCCCC4)cc3)cs2)CC1. The zero-order chi connectivity index (χ0) is 25.1. The number of alkyl halides is 3. The summed E-state index contributed by atoms with van der Waals surface area (Å²) in [4.78, 5) is 35.0. The fourth-order valence-electron chi connectivity index (χ4n) is 4.54. The molecule has 2 aliphatic rings. The minimum absolute atomic E-state index is 0.314. The number of thiazole rings is 1. The third-order valence-electron chi connectivity index (χ3n) is 6.65. The van der Waals surface area contributed by atoms with Crippen molar-refractivity contribution in [3.05, 3.63) is 35.2 Å². The summed E-state index contributed by atoms with van der Waals surface area (Å²) >= 11 is 1.59. The summed E-state index contributed by atoms with van der Waals surface area (Å²) in [6.45, 7) is 2.44. The number of carbonyl (C=O) groups excluding carboxylic acids is 2. The Bertz CT molecular complexity index is 1030. The zero-order valence-corrected chi connectivity index (χ0v) is 20.5. The summed E-state index contributed by atoms with van der Waals surface area (Å²) in [6, 6.07) is 6.91. The van der Waals surface area contributed by atoms with E-state index in [9.17, 15) is 22.8 Å². The average Bonchev–Trinajstić information content (AvgIpc) is 3.33. The normalized spacial score (nSPS) is 18.8. The number of likely N-dealkylation sites (N-methyl/N-ethyl adjacent to an activating group) is 1. The smallest absolute Gasteiger partial charge is 0.346 e. The summed E-state index contributed by atoms with van der Waals surface area (Å²) in [7, 11) is 2.10. The maximum absolute atomic E-state index is 13.0. The number of carbonyl (C=O) groups is 2. The average molecular weight is 510 g/mol. The fraction of sp³-hybridized carbons (Fsp3) is 0.542. The van der Waals surface area contributed by atoms with E-state index in [2.05, 4.69) is 22.2 Å². The maximum Gasteiger partial charge on any atom is 0.405 e. The number of hydrogen-bond acceptors (Lipinski definition) is 6. The van der Waals surface area contributed by atoms with Crippen molar-refractivity contribution < 1.29 is 22.8 Å². The lowest BCUT2D eigenvalue weighted by atomic mass is 9.80. The maximum atomic E-state index is 13.0. The Morgan fingerprint density at radius 3 is 2.34 bits per heavy atom. The third-order valence-corrected chi connectivity index (χ3v) is 7.55. The largest absolute Gasteiger partial charge is 0.405 e. The highest BCUT2D eigenvalue weighted by molar-refractivity contribution is 7.14. The van der Waals surface area contributed by atoms with E-state index in [1.165, 1.54) is 0 Å². The highest BCUT2D eigenvalue weighted by Gasteiger charge is 2.42. The molecule has 0 spiro atoms. The summed E-state index contributed by atoms with van der Waals surface area (Å²) < 4.78 is 37.9. The van der Waals surface area contributed by atoms with E-state index in [0.717, 1.165) is 49.0 Å². The van der Waals surface area contributed by atoms with Gasteiger partial charge < -0.3 is 20.4 Å². The predicted octanol–water partition coefficient (Wildman–Crippen LogP) is 3.67. The van der Waals surface area contributed by atoms with Crippen LogP contribution in [-0.4, -0.2) is 73.2 Å². The molecule has 2 fully saturated rings. The number of amides is 2. The van der Waals surface area contributed by atoms with Crippen molar-refractivity contribution in [2.45, 2.75) is 43.8 Å². The second-order valence-corrected chi connectivity index (χ2v) is 10.1. The molecule has 190 valence electrons. The Hall–Kier alpha value is -2.66. The molecule has 2 amide bonds. The van der Waals surface area contributed by atoms with Gasteiger partial charge in [0.05, 0.1) is 5.69 Å². The number of piperazine rings is 1. The van der Waals surface area contributed by atoms with Crippen molar-refractivity contribution in [2.75, 3.05) is 44.7 Å². The lowest BCUT2D eigenvalue weighted by Gasteiger charge is -2.36. The summed E-state index contributed by atoms with van der Waals surface area (Å²) in [5.41, 5.74) is 0.711. The summed E-state index contributed by atoms with van der Waals surface area (Å²) in [5.74, 6) is -1.25. The summed E-state index contributed by atoms with van der Waals surface area (Å²) in [6.07, 6.45) is -1.67. The van der Waals surface area contributed by atoms with Crippen LogP contribution in [0, 0.1) is 0 Å². The van der Waals surface area contributed by atoms with Gasteiger partial charge in [-0.2, -0.15) is 13.2 Å². The van der Waals surface area contributed by atoms with Gasteiger partial charge in [-0.3, -0.25) is 9.59 Å². The van der Waals surface area contributed by atoms with E-state index >= 15 is 0 Å². The molecule has 1 saturated carbocycles. The number of benzene rings is 1. The number of halogens is 3.